The van der Waals surface area contributed by atoms with E-state index in [1.807, 2.05) is 12.1 Å². The van der Waals surface area contributed by atoms with Gasteiger partial charge in [0.25, 0.3) is 0 Å². The Morgan fingerprint density at radius 3 is 1.38 bits per heavy atom. The molecule has 0 bridgehead atoms. The Morgan fingerprint density at radius 1 is 0.333 bits per heavy atom. The van der Waals surface area contributed by atoms with E-state index in [0.717, 1.165) is 50.1 Å². The molecular weight excluding hydrogens is 815 g/mol. The van der Waals surface area contributed by atoms with E-state index in [4.69, 9.17) is 4.42 Å². The standard InChI is InChI=1S/C63H47NOSi/c1-63(2)59-24-14-12-22-55(59)56-41-37-50(43-60(56)63)64(49-35-28-46(29-36-49)47-32-40-58-57-23-13-15-25-61(57)65-62(58)42-47)48-33-26-44(27-34-48)45-30-38-54(39-31-45)66(51-16-6-3-7-17-51,52-18-8-4-9-19-52)53-20-10-5-11-21-53/h3-43H,1-2H3. The molecule has 66 heavy (non-hydrogen) atoms. The van der Waals surface area contributed by atoms with Gasteiger partial charge in [-0.15, -0.1) is 0 Å². The number of para-hydroxylation sites is 1. The van der Waals surface area contributed by atoms with Crippen molar-refractivity contribution in [1.29, 1.82) is 0 Å². The van der Waals surface area contributed by atoms with Gasteiger partial charge < -0.3 is 9.32 Å². The van der Waals surface area contributed by atoms with Crippen LogP contribution in [0, 0.1) is 0 Å². The van der Waals surface area contributed by atoms with Gasteiger partial charge in [-0.25, -0.2) is 0 Å². The lowest BCUT2D eigenvalue weighted by Crippen LogP contribution is -2.74. The first-order chi connectivity index (χ1) is 32.5. The minimum absolute atomic E-state index is 0.120. The summed E-state index contributed by atoms with van der Waals surface area (Å²) in [5, 5.41) is 7.77. The van der Waals surface area contributed by atoms with Crippen LogP contribution in [-0.4, -0.2) is 8.07 Å². The molecule has 2 nitrogen and oxygen atoms in total. The Bertz CT molecular complexity index is 3420. The van der Waals surface area contributed by atoms with Gasteiger partial charge in [0.15, 0.2) is 8.07 Å². The number of rotatable bonds is 9. The van der Waals surface area contributed by atoms with Gasteiger partial charge in [0.1, 0.15) is 11.2 Å². The number of anilines is 3. The summed E-state index contributed by atoms with van der Waals surface area (Å²) in [6, 6.07) is 91.5. The van der Waals surface area contributed by atoms with Crippen molar-refractivity contribution in [3.05, 3.63) is 260 Å². The molecule has 0 spiro atoms. The largest absolute Gasteiger partial charge is 0.456 e. The number of benzene rings is 10. The monoisotopic (exact) mass is 861 g/mol. The van der Waals surface area contributed by atoms with Gasteiger partial charge in [0.05, 0.1) is 0 Å². The van der Waals surface area contributed by atoms with Crippen LogP contribution in [0.1, 0.15) is 25.0 Å². The average molecular weight is 862 g/mol. The molecule has 314 valence electrons. The van der Waals surface area contributed by atoms with E-state index in [2.05, 4.69) is 255 Å². The molecule has 0 radical (unpaired) electrons. The summed E-state index contributed by atoms with van der Waals surface area (Å²) < 4.78 is 6.28. The molecule has 0 aliphatic heterocycles. The van der Waals surface area contributed by atoms with Crippen LogP contribution in [0.2, 0.25) is 0 Å². The fourth-order valence-electron chi connectivity index (χ4n) is 10.8. The Hall–Kier alpha value is -7.98. The lowest BCUT2D eigenvalue weighted by Gasteiger charge is -2.34. The zero-order valence-electron chi connectivity index (χ0n) is 37.0. The van der Waals surface area contributed by atoms with Gasteiger partial charge in [0.2, 0.25) is 0 Å². The third-order valence-electron chi connectivity index (χ3n) is 14.1. The zero-order valence-corrected chi connectivity index (χ0v) is 38.0. The summed E-state index contributed by atoms with van der Waals surface area (Å²) in [4.78, 5) is 2.40. The molecule has 0 saturated carbocycles. The second kappa shape index (κ2) is 15.9. The number of fused-ring (bicyclic) bond motifs is 6. The van der Waals surface area contributed by atoms with Crippen LogP contribution >= 0.6 is 0 Å². The molecule has 10 aromatic carbocycles. The van der Waals surface area contributed by atoms with Crippen molar-refractivity contribution in [2.45, 2.75) is 19.3 Å². The first-order valence-electron chi connectivity index (χ1n) is 22.9. The lowest BCUT2D eigenvalue weighted by atomic mass is 9.82. The van der Waals surface area contributed by atoms with Gasteiger partial charge in [-0.2, -0.15) is 0 Å². The summed E-state index contributed by atoms with van der Waals surface area (Å²) in [5.74, 6) is 0. The molecule has 1 aliphatic carbocycles. The summed E-state index contributed by atoms with van der Waals surface area (Å²) >= 11 is 0. The van der Waals surface area contributed by atoms with Crippen molar-refractivity contribution in [1.82, 2.24) is 0 Å². The van der Waals surface area contributed by atoms with Crippen LogP contribution in [0.25, 0.3) is 55.3 Å². The fraction of sp³-hybridized carbons (Fsp3) is 0.0476. The lowest BCUT2D eigenvalue weighted by molar-refractivity contribution is 0.660. The summed E-state index contributed by atoms with van der Waals surface area (Å²) in [6.07, 6.45) is 0. The molecule has 0 saturated heterocycles. The van der Waals surface area contributed by atoms with Crippen LogP contribution < -0.4 is 25.6 Å². The minimum atomic E-state index is -2.62. The fourth-order valence-corrected chi connectivity index (χ4v) is 15.5. The van der Waals surface area contributed by atoms with Crippen LogP contribution in [0.3, 0.4) is 0 Å². The second-order valence-corrected chi connectivity index (χ2v) is 21.9. The van der Waals surface area contributed by atoms with E-state index in [9.17, 15) is 0 Å². The molecule has 0 unspecified atom stereocenters. The van der Waals surface area contributed by atoms with Crippen molar-refractivity contribution in [3.8, 4) is 33.4 Å². The predicted molar refractivity (Wildman–Crippen MR) is 280 cm³/mol. The molecule has 11 aromatic rings. The maximum atomic E-state index is 6.28. The highest BCUT2D eigenvalue weighted by Crippen LogP contribution is 2.50. The maximum absolute atomic E-state index is 6.28. The average Bonchev–Trinajstić information content (AvgIpc) is 3.87. The number of furan rings is 1. The molecule has 0 N–H and O–H groups in total. The maximum Gasteiger partial charge on any atom is 0.179 e. The molecular formula is C63H47NOSi. The number of nitrogens with zero attached hydrogens (tertiary/aromatic N) is 1. The van der Waals surface area contributed by atoms with E-state index in [1.165, 1.54) is 54.1 Å². The van der Waals surface area contributed by atoms with E-state index < -0.39 is 8.07 Å². The number of hydrogen-bond acceptors (Lipinski definition) is 2. The van der Waals surface area contributed by atoms with E-state index in [1.54, 1.807) is 0 Å². The molecule has 12 rings (SSSR count). The highest BCUT2D eigenvalue weighted by Gasteiger charge is 2.41. The molecule has 1 aliphatic rings. The summed E-state index contributed by atoms with van der Waals surface area (Å²) in [6.45, 7) is 4.71. The first kappa shape index (κ1) is 39.6. The molecule has 0 amide bonds. The van der Waals surface area contributed by atoms with Crippen LogP contribution in [-0.2, 0) is 5.41 Å². The Balaban J connectivity index is 0.926. The van der Waals surface area contributed by atoms with Crippen molar-refractivity contribution in [2.75, 3.05) is 4.90 Å². The van der Waals surface area contributed by atoms with Gasteiger partial charge in [-0.1, -0.05) is 208 Å². The normalized spacial score (nSPS) is 12.8. The van der Waals surface area contributed by atoms with E-state index in [0.29, 0.717) is 0 Å². The van der Waals surface area contributed by atoms with Crippen molar-refractivity contribution >= 4 is 67.8 Å². The highest BCUT2D eigenvalue weighted by molar-refractivity contribution is 7.19. The van der Waals surface area contributed by atoms with E-state index >= 15 is 0 Å². The van der Waals surface area contributed by atoms with Gasteiger partial charge in [-0.3, -0.25) is 0 Å². The van der Waals surface area contributed by atoms with Crippen LogP contribution in [0.15, 0.2) is 253 Å². The SMILES string of the molecule is CC1(C)c2ccccc2-c2ccc(N(c3ccc(-c4ccc([Si](c5ccccc5)(c5ccccc5)c5ccccc5)cc4)cc3)c3ccc(-c4ccc5c(c4)oc4ccccc45)cc3)cc21. The smallest absolute Gasteiger partial charge is 0.179 e. The third kappa shape index (κ3) is 6.46. The molecule has 3 heteroatoms. The third-order valence-corrected chi connectivity index (χ3v) is 18.9. The van der Waals surface area contributed by atoms with Crippen LogP contribution in [0.4, 0.5) is 17.1 Å². The van der Waals surface area contributed by atoms with Crippen LogP contribution in [0.5, 0.6) is 0 Å². The Labute approximate surface area is 387 Å². The Kier molecular flexibility index (Phi) is 9.55. The first-order valence-corrected chi connectivity index (χ1v) is 24.9. The molecule has 1 aromatic heterocycles. The minimum Gasteiger partial charge on any atom is -0.456 e. The van der Waals surface area contributed by atoms with Crippen molar-refractivity contribution in [2.24, 2.45) is 0 Å². The zero-order chi connectivity index (χ0) is 44.2. The summed E-state index contributed by atoms with van der Waals surface area (Å²) in [5.41, 5.74) is 15.0. The van der Waals surface area contributed by atoms with Gasteiger partial charge in [0, 0.05) is 33.2 Å². The second-order valence-electron chi connectivity index (χ2n) is 18.1. The molecule has 1 heterocycles. The van der Waals surface area contributed by atoms with Gasteiger partial charge in [-0.05, 0) is 120 Å². The predicted octanol–water partition coefficient (Wildman–Crippen LogP) is 14.1. The highest BCUT2D eigenvalue weighted by atomic mass is 28.3. The van der Waals surface area contributed by atoms with Crippen molar-refractivity contribution < 1.29 is 4.42 Å². The molecule has 0 fully saturated rings. The van der Waals surface area contributed by atoms with E-state index in [-0.39, 0.29) is 5.41 Å². The summed E-state index contributed by atoms with van der Waals surface area (Å²) in [7, 11) is -2.62. The number of hydrogen-bond donors (Lipinski definition) is 0. The molecule has 0 atom stereocenters. The van der Waals surface area contributed by atoms with Crippen molar-refractivity contribution in [3.63, 3.8) is 0 Å². The van der Waals surface area contributed by atoms with Gasteiger partial charge >= 0.3 is 0 Å². The quantitative estimate of drug-likeness (QED) is 0.106. The topological polar surface area (TPSA) is 16.4 Å². The Morgan fingerprint density at radius 2 is 0.773 bits per heavy atom.